The molecule has 3 amide bonds. The fraction of sp³-hybridized carbons (Fsp3) is 0.500. The van der Waals surface area contributed by atoms with Crippen LogP contribution in [0.3, 0.4) is 0 Å². The number of hydrogen-bond donors (Lipinski definition) is 2. The number of nitrogens with one attached hydrogen (secondary N) is 1. The highest BCUT2D eigenvalue weighted by molar-refractivity contribution is 7.98. The summed E-state index contributed by atoms with van der Waals surface area (Å²) in [6.45, 7) is 0.411. The number of thioether (sulfide) groups is 1. The number of halogens is 1. The lowest BCUT2D eigenvalue weighted by molar-refractivity contribution is -0.134. The molecule has 1 unspecified atom stereocenters. The summed E-state index contributed by atoms with van der Waals surface area (Å²) in [4.78, 5) is 24.9. The van der Waals surface area contributed by atoms with Crippen molar-refractivity contribution in [3.8, 4) is 0 Å². The Bertz CT molecular complexity index is 782. The Balaban J connectivity index is 2.04. The minimum atomic E-state index is -3.97. The Morgan fingerprint density at radius 1 is 1.26 bits per heavy atom. The molecule has 150 valence electrons. The maximum atomic E-state index is 13.9. The number of piperazine rings is 1. The van der Waals surface area contributed by atoms with Crippen LogP contribution < -0.4 is 11.1 Å². The Labute approximate surface area is 162 Å². The second kappa shape index (κ2) is 9.38. The third-order valence-corrected chi connectivity index (χ3v) is 6.81. The molecular formula is C16H23FN4O4S2. The molecule has 0 aliphatic carbocycles. The molecule has 0 spiro atoms. The van der Waals surface area contributed by atoms with Crippen LogP contribution in [0.15, 0.2) is 29.2 Å². The molecule has 1 atom stereocenters. The van der Waals surface area contributed by atoms with E-state index in [9.17, 15) is 22.4 Å². The summed E-state index contributed by atoms with van der Waals surface area (Å²) < 4.78 is 40.2. The SMILES string of the molecule is CSCCC(NC(N)=O)C(=O)N1CCN(S(=O)(=O)c2ccccc2F)CC1. The van der Waals surface area contributed by atoms with Gasteiger partial charge in [0, 0.05) is 26.2 Å². The molecule has 11 heteroatoms. The van der Waals surface area contributed by atoms with Gasteiger partial charge in [-0.1, -0.05) is 12.1 Å². The third-order valence-electron chi connectivity index (χ3n) is 4.23. The maximum absolute atomic E-state index is 13.9. The summed E-state index contributed by atoms with van der Waals surface area (Å²) in [7, 11) is -3.97. The Morgan fingerprint density at radius 3 is 2.44 bits per heavy atom. The molecule has 1 aromatic rings. The van der Waals surface area contributed by atoms with E-state index in [1.54, 1.807) is 0 Å². The largest absolute Gasteiger partial charge is 0.352 e. The van der Waals surface area contributed by atoms with Crippen LogP contribution in [0.25, 0.3) is 0 Å². The second-order valence-electron chi connectivity index (χ2n) is 6.00. The standard InChI is InChI=1S/C16H23FN4O4S2/c1-26-11-6-13(19-16(18)23)15(22)20-7-9-21(10-8-20)27(24,25)14-5-3-2-4-12(14)17/h2-5,13H,6-11H2,1H3,(H3,18,19,23). The summed E-state index contributed by atoms with van der Waals surface area (Å²) in [5.74, 6) is -0.442. The van der Waals surface area contributed by atoms with Gasteiger partial charge in [-0.15, -0.1) is 0 Å². The number of nitrogens with two attached hydrogens (primary N) is 1. The van der Waals surface area contributed by atoms with E-state index in [0.29, 0.717) is 12.2 Å². The molecule has 0 radical (unpaired) electrons. The van der Waals surface area contributed by atoms with E-state index in [1.165, 1.54) is 34.9 Å². The first kappa shape index (κ1) is 21.5. The van der Waals surface area contributed by atoms with Crippen molar-refractivity contribution in [2.45, 2.75) is 17.4 Å². The van der Waals surface area contributed by atoms with E-state index >= 15 is 0 Å². The molecule has 1 heterocycles. The van der Waals surface area contributed by atoms with Gasteiger partial charge in [-0.05, 0) is 30.6 Å². The summed E-state index contributed by atoms with van der Waals surface area (Å²) in [5, 5.41) is 2.44. The van der Waals surface area contributed by atoms with Gasteiger partial charge in [-0.3, -0.25) is 4.79 Å². The average molecular weight is 419 g/mol. The normalized spacial score (nSPS) is 16.7. The molecule has 27 heavy (non-hydrogen) atoms. The Kier molecular flexibility index (Phi) is 7.45. The van der Waals surface area contributed by atoms with Gasteiger partial charge in [0.25, 0.3) is 0 Å². The molecule has 1 aliphatic heterocycles. The second-order valence-corrected chi connectivity index (χ2v) is 8.89. The molecule has 0 saturated carbocycles. The van der Waals surface area contributed by atoms with Gasteiger partial charge < -0.3 is 16.0 Å². The number of amides is 3. The smallest absolute Gasteiger partial charge is 0.312 e. The zero-order valence-corrected chi connectivity index (χ0v) is 16.6. The maximum Gasteiger partial charge on any atom is 0.312 e. The van der Waals surface area contributed by atoms with E-state index in [2.05, 4.69) is 5.32 Å². The molecular weight excluding hydrogens is 395 g/mol. The zero-order valence-electron chi connectivity index (χ0n) is 14.9. The number of carbonyl (C=O) groups excluding carboxylic acids is 2. The van der Waals surface area contributed by atoms with Crippen LogP contribution in [0, 0.1) is 5.82 Å². The van der Waals surface area contributed by atoms with E-state index in [-0.39, 0.29) is 37.0 Å². The van der Waals surface area contributed by atoms with Crippen LogP contribution in [0.4, 0.5) is 9.18 Å². The predicted molar refractivity (Wildman–Crippen MR) is 101 cm³/mol. The number of benzene rings is 1. The van der Waals surface area contributed by atoms with Crippen LogP contribution in [-0.4, -0.2) is 73.8 Å². The van der Waals surface area contributed by atoms with Crippen molar-refractivity contribution in [2.75, 3.05) is 38.2 Å². The van der Waals surface area contributed by atoms with Crippen molar-refractivity contribution in [1.82, 2.24) is 14.5 Å². The van der Waals surface area contributed by atoms with Crippen molar-refractivity contribution >= 4 is 33.7 Å². The number of sulfonamides is 1. The third kappa shape index (κ3) is 5.33. The van der Waals surface area contributed by atoms with Crippen molar-refractivity contribution < 1.29 is 22.4 Å². The zero-order chi connectivity index (χ0) is 20.0. The summed E-state index contributed by atoms with van der Waals surface area (Å²) >= 11 is 1.54. The lowest BCUT2D eigenvalue weighted by Crippen LogP contribution is -2.56. The highest BCUT2D eigenvalue weighted by atomic mass is 32.2. The van der Waals surface area contributed by atoms with Gasteiger partial charge in [0.05, 0.1) is 0 Å². The molecule has 0 aromatic heterocycles. The van der Waals surface area contributed by atoms with Crippen molar-refractivity contribution in [3.63, 3.8) is 0 Å². The summed E-state index contributed by atoms with van der Waals surface area (Å²) in [6.07, 6.45) is 2.31. The van der Waals surface area contributed by atoms with Gasteiger partial charge in [0.2, 0.25) is 15.9 Å². The molecule has 1 aliphatic rings. The van der Waals surface area contributed by atoms with E-state index in [0.717, 1.165) is 10.4 Å². The average Bonchev–Trinajstić information content (AvgIpc) is 2.64. The van der Waals surface area contributed by atoms with Crippen LogP contribution in [0.1, 0.15) is 6.42 Å². The molecule has 1 saturated heterocycles. The fourth-order valence-corrected chi connectivity index (χ4v) is 4.79. The molecule has 1 fully saturated rings. The molecule has 0 bridgehead atoms. The first-order valence-electron chi connectivity index (χ1n) is 8.35. The lowest BCUT2D eigenvalue weighted by atomic mass is 10.2. The minimum absolute atomic E-state index is 0.0498. The predicted octanol–water partition coefficient (Wildman–Crippen LogP) is 0.449. The number of rotatable bonds is 7. The number of carbonyl (C=O) groups is 2. The van der Waals surface area contributed by atoms with Gasteiger partial charge in [0.1, 0.15) is 16.8 Å². The Hall–Kier alpha value is -1.85. The van der Waals surface area contributed by atoms with Crippen molar-refractivity contribution in [3.05, 3.63) is 30.1 Å². The lowest BCUT2D eigenvalue weighted by Gasteiger charge is -2.35. The van der Waals surface area contributed by atoms with Crippen LogP contribution in [0.5, 0.6) is 0 Å². The van der Waals surface area contributed by atoms with Gasteiger partial charge in [-0.2, -0.15) is 16.1 Å². The van der Waals surface area contributed by atoms with Crippen molar-refractivity contribution in [1.29, 1.82) is 0 Å². The van der Waals surface area contributed by atoms with Gasteiger partial charge in [0.15, 0.2) is 0 Å². The quantitative estimate of drug-likeness (QED) is 0.668. The van der Waals surface area contributed by atoms with Crippen LogP contribution in [-0.2, 0) is 14.8 Å². The number of nitrogens with zero attached hydrogens (tertiary/aromatic N) is 2. The van der Waals surface area contributed by atoms with Crippen LogP contribution >= 0.6 is 11.8 Å². The fourth-order valence-electron chi connectivity index (χ4n) is 2.83. The summed E-state index contributed by atoms with van der Waals surface area (Å²) in [5.41, 5.74) is 5.14. The molecule has 8 nitrogen and oxygen atoms in total. The number of primary amides is 1. The van der Waals surface area contributed by atoms with E-state index in [1.807, 2.05) is 6.26 Å². The topological polar surface area (TPSA) is 113 Å². The van der Waals surface area contributed by atoms with Crippen LogP contribution in [0.2, 0.25) is 0 Å². The van der Waals surface area contributed by atoms with Crippen molar-refractivity contribution in [2.24, 2.45) is 5.73 Å². The molecule has 2 rings (SSSR count). The Morgan fingerprint density at radius 2 is 1.89 bits per heavy atom. The highest BCUT2D eigenvalue weighted by Gasteiger charge is 2.33. The first-order chi connectivity index (χ1) is 12.8. The molecule has 3 N–H and O–H groups in total. The number of urea groups is 1. The summed E-state index contributed by atoms with van der Waals surface area (Å²) in [6, 6.07) is 3.67. The molecule has 1 aromatic carbocycles. The van der Waals surface area contributed by atoms with E-state index < -0.39 is 27.9 Å². The minimum Gasteiger partial charge on any atom is -0.352 e. The number of hydrogen-bond acceptors (Lipinski definition) is 5. The highest BCUT2D eigenvalue weighted by Crippen LogP contribution is 2.20. The monoisotopic (exact) mass is 418 g/mol. The van der Waals surface area contributed by atoms with E-state index in [4.69, 9.17) is 5.73 Å². The van der Waals surface area contributed by atoms with Gasteiger partial charge >= 0.3 is 6.03 Å². The van der Waals surface area contributed by atoms with Gasteiger partial charge in [-0.25, -0.2) is 17.6 Å². The first-order valence-corrected chi connectivity index (χ1v) is 11.2.